The van der Waals surface area contributed by atoms with Crippen LogP contribution in [0.4, 0.5) is 4.39 Å². The van der Waals surface area contributed by atoms with Gasteiger partial charge in [-0.1, -0.05) is 5.21 Å². The van der Waals surface area contributed by atoms with Crippen LogP contribution in [-0.2, 0) is 22.7 Å². The van der Waals surface area contributed by atoms with E-state index in [-0.39, 0.29) is 37.4 Å². The molecule has 2 aromatic rings. The van der Waals surface area contributed by atoms with Crippen molar-refractivity contribution >= 4 is 17.8 Å². The van der Waals surface area contributed by atoms with E-state index in [2.05, 4.69) is 15.6 Å². The highest BCUT2D eigenvalue weighted by Crippen LogP contribution is 2.19. The van der Waals surface area contributed by atoms with Gasteiger partial charge in [0.05, 0.1) is 18.7 Å². The smallest absolute Gasteiger partial charge is 0.325 e. The van der Waals surface area contributed by atoms with Gasteiger partial charge in [-0.15, -0.1) is 5.10 Å². The molecular weight excluding hydrogens is 369 g/mol. The number of amides is 2. The van der Waals surface area contributed by atoms with Crippen molar-refractivity contribution in [3.63, 3.8) is 0 Å². The molecule has 0 saturated carbocycles. The van der Waals surface area contributed by atoms with Crippen molar-refractivity contribution in [1.82, 2.24) is 25.2 Å². The van der Waals surface area contributed by atoms with Crippen molar-refractivity contribution < 1.29 is 23.9 Å². The molecule has 0 radical (unpaired) electrons. The minimum atomic E-state index is -1.03. The molecule has 0 spiro atoms. The van der Waals surface area contributed by atoms with Gasteiger partial charge in [0.15, 0.2) is 0 Å². The second-order valence-electron chi connectivity index (χ2n) is 6.62. The van der Waals surface area contributed by atoms with Gasteiger partial charge in [0.2, 0.25) is 5.91 Å². The number of aliphatic carboxylic acids is 1. The van der Waals surface area contributed by atoms with Crippen molar-refractivity contribution in [2.24, 2.45) is 5.92 Å². The Morgan fingerprint density at radius 1 is 1.25 bits per heavy atom. The minimum Gasteiger partial charge on any atom is -0.480 e. The Morgan fingerprint density at radius 3 is 2.71 bits per heavy atom. The number of rotatable bonds is 6. The lowest BCUT2D eigenvalue weighted by Gasteiger charge is -2.32. The van der Waals surface area contributed by atoms with Gasteiger partial charge in [0, 0.05) is 18.7 Å². The summed E-state index contributed by atoms with van der Waals surface area (Å²) < 4.78 is 14.2. The van der Waals surface area contributed by atoms with Gasteiger partial charge in [0.1, 0.15) is 18.1 Å². The van der Waals surface area contributed by atoms with E-state index in [1.807, 2.05) is 0 Å². The second kappa shape index (κ2) is 8.59. The number of carbonyl (C=O) groups excluding carboxylic acids is 2. The summed E-state index contributed by atoms with van der Waals surface area (Å²) in [6.07, 6.45) is 2.81. The van der Waals surface area contributed by atoms with Crippen molar-refractivity contribution in [3.8, 4) is 0 Å². The lowest BCUT2D eigenvalue weighted by Crippen LogP contribution is -2.45. The van der Waals surface area contributed by atoms with Crippen LogP contribution in [0.25, 0.3) is 0 Å². The number of aromatic nitrogens is 3. The van der Waals surface area contributed by atoms with Crippen LogP contribution in [0.3, 0.4) is 0 Å². The first-order chi connectivity index (χ1) is 13.4. The second-order valence-corrected chi connectivity index (χ2v) is 6.62. The van der Waals surface area contributed by atoms with Crippen molar-refractivity contribution in [3.05, 3.63) is 47.5 Å². The Balaban J connectivity index is 1.54. The number of piperidine rings is 1. The molecule has 10 heteroatoms. The number of nitrogens with one attached hydrogen (secondary N) is 1. The summed E-state index contributed by atoms with van der Waals surface area (Å²) in [6, 6.07) is 5.33. The molecule has 1 aromatic heterocycles. The van der Waals surface area contributed by atoms with Gasteiger partial charge in [-0.25, -0.2) is 9.07 Å². The van der Waals surface area contributed by atoms with Crippen LogP contribution in [0, 0.1) is 11.7 Å². The van der Waals surface area contributed by atoms with E-state index >= 15 is 0 Å². The number of carboxylic acids is 1. The first kappa shape index (κ1) is 19.5. The fraction of sp³-hybridized carbons (Fsp3) is 0.389. The van der Waals surface area contributed by atoms with Gasteiger partial charge >= 0.3 is 5.97 Å². The first-order valence-electron chi connectivity index (χ1n) is 8.85. The Hall–Kier alpha value is -3.30. The maximum atomic E-state index is 13.0. The maximum absolute atomic E-state index is 13.0. The normalized spacial score (nSPS) is 16.6. The van der Waals surface area contributed by atoms with Crippen LogP contribution in [0.5, 0.6) is 0 Å². The molecule has 1 fully saturated rings. The number of hydrogen-bond donors (Lipinski definition) is 2. The molecule has 3 rings (SSSR count). The Kier molecular flexibility index (Phi) is 5.97. The van der Waals surface area contributed by atoms with E-state index in [1.165, 1.54) is 35.1 Å². The van der Waals surface area contributed by atoms with Gasteiger partial charge in [-0.3, -0.25) is 14.4 Å². The molecular formula is C18H20FN5O4. The molecule has 0 aliphatic carbocycles. The van der Waals surface area contributed by atoms with Crippen LogP contribution in [-0.4, -0.2) is 55.9 Å². The monoisotopic (exact) mass is 389 g/mol. The topological polar surface area (TPSA) is 117 Å². The summed E-state index contributed by atoms with van der Waals surface area (Å²) in [5.41, 5.74) is 0.835. The number of nitrogens with zero attached hydrogens (tertiary/aromatic N) is 4. The fourth-order valence-electron chi connectivity index (χ4n) is 3.11. The van der Waals surface area contributed by atoms with Crippen LogP contribution in [0.2, 0.25) is 0 Å². The average molecular weight is 389 g/mol. The highest BCUT2D eigenvalue weighted by Gasteiger charge is 2.29. The summed E-state index contributed by atoms with van der Waals surface area (Å²) in [4.78, 5) is 37.3. The number of likely N-dealkylation sites (tertiary alicyclic amines) is 1. The van der Waals surface area contributed by atoms with Gasteiger partial charge in [-0.2, -0.15) is 0 Å². The predicted octanol–water partition coefficient (Wildman–Crippen LogP) is 0.670. The van der Waals surface area contributed by atoms with Crippen molar-refractivity contribution in [2.75, 3.05) is 13.1 Å². The molecule has 1 unspecified atom stereocenters. The quantitative estimate of drug-likeness (QED) is 0.750. The molecule has 1 saturated heterocycles. The van der Waals surface area contributed by atoms with E-state index in [4.69, 9.17) is 5.11 Å². The van der Waals surface area contributed by atoms with Crippen molar-refractivity contribution in [2.45, 2.75) is 25.9 Å². The zero-order chi connectivity index (χ0) is 20.1. The molecule has 28 heavy (non-hydrogen) atoms. The zero-order valence-corrected chi connectivity index (χ0v) is 15.0. The number of carboxylic acid groups (broad SMARTS) is 1. The molecule has 2 N–H and O–H groups in total. The minimum absolute atomic E-state index is 0.126. The predicted molar refractivity (Wildman–Crippen MR) is 94.5 cm³/mol. The van der Waals surface area contributed by atoms with Crippen LogP contribution >= 0.6 is 0 Å². The molecule has 1 atom stereocenters. The van der Waals surface area contributed by atoms with Crippen LogP contribution in [0.1, 0.15) is 28.9 Å². The Morgan fingerprint density at radius 2 is 2.00 bits per heavy atom. The third-order valence-corrected chi connectivity index (χ3v) is 4.50. The van der Waals surface area contributed by atoms with E-state index in [0.29, 0.717) is 30.6 Å². The molecule has 2 amide bonds. The van der Waals surface area contributed by atoms with E-state index < -0.39 is 11.8 Å². The standard InChI is InChI=1S/C18H20FN5O4/c19-14-5-3-12(4-6-14)18(28)23-7-1-2-13(9-23)17(27)20-8-15-10-24(22-21-15)11-16(25)26/h3-6,10,13H,1-2,7-9,11H2,(H,20,27)(H,25,26). The van der Waals surface area contributed by atoms with Gasteiger partial charge in [-0.05, 0) is 37.1 Å². The Bertz CT molecular complexity index is 867. The molecule has 1 aliphatic heterocycles. The zero-order valence-electron chi connectivity index (χ0n) is 15.0. The number of benzene rings is 1. The van der Waals surface area contributed by atoms with Gasteiger partial charge < -0.3 is 15.3 Å². The molecule has 1 aliphatic rings. The SMILES string of the molecule is O=C(O)Cn1cc(CNC(=O)C2CCCN(C(=O)c3ccc(F)cc3)C2)nn1. The summed E-state index contributed by atoms with van der Waals surface area (Å²) >= 11 is 0. The number of halogens is 1. The summed E-state index contributed by atoms with van der Waals surface area (Å²) in [5, 5.41) is 19.0. The largest absolute Gasteiger partial charge is 0.480 e. The Labute approximate surface area is 160 Å². The molecule has 9 nitrogen and oxygen atoms in total. The maximum Gasteiger partial charge on any atom is 0.325 e. The lowest BCUT2D eigenvalue weighted by molar-refractivity contribution is -0.138. The first-order valence-corrected chi connectivity index (χ1v) is 8.85. The molecule has 0 bridgehead atoms. The highest BCUT2D eigenvalue weighted by molar-refractivity contribution is 5.94. The van der Waals surface area contributed by atoms with E-state index in [1.54, 1.807) is 4.90 Å². The average Bonchev–Trinajstić information content (AvgIpc) is 3.13. The van der Waals surface area contributed by atoms with E-state index in [0.717, 1.165) is 0 Å². The molecule has 1 aromatic carbocycles. The van der Waals surface area contributed by atoms with Crippen molar-refractivity contribution in [1.29, 1.82) is 0 Å². The summed E-state index contributed by atoms with van der Waals surface area (Å²) in [5.74, 6) is -2.23. The van der Waals surface area contributed by atoms with Crippen LogP contribution < -0.4 is 5.32 Å². The summed E-state index contributed by atoms with van der Waals surface area (Å²) in [6.45, 7) is 0.655. The van der Waals surface area contributed by atoms with Gasteiger partial charge in [0.25, 0.3) is 5.91 Å². The molecule has 148 valence electrons. The molecule has 2 heterocycles. The highest BCUT2D eigenvalue weighted by atomic mass is 19.1. The lowest BCUT2D eigenvalue weighted by atomic mass is 9.96. The van der Waals surface area contributed by atoms with Crippen LogP contribution in [0.15, 0.2) is 30.5 Å². The summed E-state index contributed by atoms with van der Waals surface area (Å²) in [7, 11) is 0. The third-order valence-electron chi connectivity index (χ3n) is 4.50. The third kappa shape index (κ3) is 4.90. The number of hydrogen-bond acceptors (Lipinski definition) is 5. The van der Waals surface area contributed by atoms with E-state index in [9.17, 15) is 18.8 Å². The fourth-order valence-corrected chi connectivity index (χ4v) is 3.11. The number of carbonyl (C=O) groups is 3.